The largest absolute Gasteiger partial charge is 0.350 e. The summed E-state index contributed by atoms with van der Waals surface area (Å²) < 4.78 is 3.88. The van der Waals surface area contributed by atoms with E-state index in [0.717, 1.165) is 28.8 Å². The minimum atomic E-state index is -0.172. The molecule has 1 aliphatic rings. The zero-order chi connectivity index (χ0) is 22.9. The fourth-order valence-electron chi connectivity index (χ4n) is 4.91. The minimum absolute atomic E-state index is 0.172. The van der Waals surface area contributed by atoms with E-state index in [2.05, 4.69) is 33.7 Å². The molecule has 6 rings (SSSR count). The Hall–Kier alpha value is -4.00. The molecule has 7 heteroatoms. The van der Waals surface area contributed by atoms with Crippen molar-refractivity contribution in [1.29, 1.82) is 0 Å². The lowest BCUT2D eigenvalue weighted by Gasteiger charge is -2.16. The van der Waals surface area contributed by atoms with E-state index in [4.69, 9.17) is 5.10 Å². The number of pyridine rings is 1. The topological polar surface area (TPSA) is 77.1 Å². The first kappa shape index (κ1) is 20.6. The Balaban J connectivity index is 1.21. The van der Waals surface area contributed by atoms with Crippen LogP contribution in [0.2, 0.25) is 0 Å². The van der Waals surface area contributed by atoms with Crippen LogP contribution in [0.5, 0.6) is 0 Å². The molecule has 0 spiro atoms. The molecule has 1 amide bonds. The number of carbonyl (C=O) groups is 1. The van der Waals surface area contributed by atoms with Crippen molar-refractivity contribution in [2.75, 3.05) is 6.54 Å². The molecule has 0 radical (unpaired) electrons. The fourth-order valence-corrected chi connectivity index (χ4v) is 4.91. The smallest absolute Gasteiger partial charge is 0.272 e. The van der Waals surface area contributed by atoms with Crippen LogP contribution in [0.4, 0.5) is 0 Å². The van der Waals surface area contributed by atoms with Crippen LogP contribution in [0, 0.1) is 0 Å². The monoisotopic (exact) mass is 450 g/mol. The fraction of sp³-hybridized carbons (Fsp3) is 0.259. The molecule has 0 unspecified atom stereocenters. The molecule has 0 atom stereocenters. The summed E-state index contributed by atoms with van der Waals surface area (Å²) >= 11 is 0. The molecule has 0 bridgehead atoms. The van der Waals surface area contributed by atoms with Crippen LogP contribution in [-0.2, 0) is 25.8 Å². The van der Waals surface area contributed by atoms with Gasteiger partial charge in [0.15, 0.2) is 11.3 Å². The van der Waals surface area contributed by atoms with Crippen molar-refractivity contribution in [1.82, 2.24) is 29.7 Å². The number of carbonyl (C=O) groups excluding carboxylic acids is 1. The first-order valence-electron chi connectivity index (χ1n) is 11.9. The van der Waals surface area contributed by atoms with Crippen LogP contribution in [0.25, 0.3) is 16.6 Å². The van der Waals surface area contributed by atoms with Crippen molar-refractivity contribution in [2.45, 2.75) is 38.6 Å². The highest BCUT2D eigenvalue weighted by Gasteiger charge is 2.18. The van der Waals surface area contributed by atoms with Gasteiger partial charge in [-0.15, -0.1) is 10.2 Å². The summed E-state index contributed by atoms with van der Waals surface area (Å²) in [5.41, 5.74) is 6.38. The molecule has 170 valence electrons. The lowest BCUT2D eigenvalue weighted by Crippen LogP contribution is -2.27. The second kappa shape index (κ2) is 8.74. The molecule has 0 aliphatic heterocycles. The SMILES string of the molecule is O=C(NCCc1nnc2ccccn12)c1nn(Cc2ccc3c(c2)CCCC3)c2ccccc12. The Morgan fingerprint density at radius 2 is 1.79 bits per heavy atom. The van der Waals surface area contributed by atoms with Crippen LogP contribution in [0.1, 0.15) is 45.8 Å². The van der Waals surface area contributed by atoms with Crippen molar-refractivity contribution in [3.63, 3.8) is 0 Å². The Kier molecular flexibility index (Phi) is 5.30. The number of hydrogen-bond acceptors (Lipinski definition) is 4. The number of amides is 1. The summed E-state index contributed by atoms with van der Waals surface area (Å²) in [6.45, 7) is 1.10. The van der Waals surface area contributed by atoms with Crippen molar-refractivity contribution >= 4 is 22.5 Å². The van der Waals surface area contributed by atoms with Crippen molar-refractivity contribution in [3.05, 3.63) is 95.1 Å². The summed E-state index contributed by atoms with van der Waals surface area (Å²) in [5, 5.41) is 17.0. The Labute approximate surface area is 197 Å². The highest BCUT2D eigenvalue weighted by molar-refractivity contribution is 6.04. The second-order valence-electron chi connectivity index (χ2n) is 8.88. The maximum Gasteiger partial charge on any atom is 0.272 e. The molecule has 3 aromatic heterocycles. The van der Waals surface area contributed by atoms with Gasteiger partial charge in [0.2, 0.25) is 0 Å². The normalized spacial score (nSPS) is 13.3. The zero-order valence-electron chi connectivity index (χ0n) is 18.9. The quantitative estimate of drug-likeness (QED) is 0.425. The van der Waals surface area contributed by atoms with Gasteiger partial charge >= 0.3 is 0 Å². The average molecular weight is 451 g/mol. The molecular weight excluding hydrogens is 424 g/mol. The summed E-state index contributed by atoms with van der Waals surface area (Å²) in [4.78, 5) is 13.1. The molecule has 7 nitrogen and oxygen atoms in total. The predicted octanol–water partition coefficient (Wildman–Crippen LogP) is 3.98. The van der Waals surface area contributed by atoms with Crippen LogP contribution in [0.3, 0.4) is 0 Å². The van der Waals surface area contributed by atoms with Crippen LogP contribution in [0.15, 0.2) is 66.9 Å². The molecule has 0 saturated heterocycles. The second-order valence-corrected chi connectivity index (χ2v) is 8.88. The molecule has 34 heavy (non-hydrogen) atoms. The minimum Gasteiger partial charge on any atom is -0.350 e. The third-order valence-corrected chi connectivity index (χ3v) is 6.64. The molecule has 1 N–H and O–H groups in total. The van der Waals surface area contributed by atoms with Crippen molar-refractivity contribution in [3.8, 4) is 0 Å². The van der Waals surface area contributed by atoms with Gasteiger partial charge in [0.25, 0.3) is 5.91 Å². The number of nitrogens with zero attached hydrogens (tertiary/aromatic N) is 5. The molecule has 5 aromatic rings. The van der Waals surface area contributed by atoms with Gasteiger partial charge in [0.05, 0.1) is 12.1 Å². The molecular formula is C27H26N6O. The van der Waals surface area contributed by atoms with E-state index in [-0.39, 0.29) is 5.91 Å². The van der Waals surface area contributed by atoms with Gasteiger partial charge in [-0.2, -0.15) is 5.10 Å². The van der Waals surface area contributed by atoms with Gasteiger partial charge in [0.1, 0.15) is 5.82 Å². The highest BCUT2D eigenvalue weighted by Crippen LogP contribution is 2.24. The highest BCUT2D eigenvalue weighted by atomic mass is 16.1. The first-order valence-corrected chi connectivity index (χ1v) is 11.9. The molecule has 3 heterocycles. The summed E-state index contributed by atoms with van der Waals surface area (Å²) in [6.07, 6.45) is 7.39. The zero-order valence-corrected chi connectivity index (χ0v) is 18.9. The summed E-state index contributed by atoms with van der Waals surface area (Å²) in [5.74, 6) is 0.646. The summed E-state index contributed by atoms with van der Waals surface area (Å²) in [7, 11) is 0. The van der Waals surface area contributed by atoms with Gasteiger partial charge in [-0.1, -0.05) is 42.5 Å². The van der Waals surface area contributed by atoms with E-state index >= 15 is 0 Å². The molecule has 0 fully saturated rings. The van der Waals surface area contributed by atoms with E-state index in [1.807, 2.05) is 57.7 Å². The first-order chi connectivity index (χ1) is 16.8. The lowest BCUT2D eigenvalue weighted by atomic mass is 9.90. The maximum atomic E-state index is 13.1. The van der Waals surface area contributed by atoms with E-state index in [0.29, 0.717) is 25.2 Å². The number of para-hydroxylation sites is 1. The number of rotatable bonds is 6. The number of hydrogen-bond donors (Lipinski definition) is 1. The Bertz CT molecular complexity index is 1500. The van der Waals surface area contributed by atoms with Gasteiger partial charge < -0.3 is 5.32 Å². The van der Waals surface area contributed by atoms with Crippen molar-refractivity contribution < 1.29 is 4.79 Å². The molecule has 0 saturated carbocycles. The van der Waals surface area contributed by atoms with Crippen molar-refractivity contribution in [2.24, 2.45) is 0 Å². The lowest BCUT2D eigenvalue weighted by molar-refractivity contribution is 0.0949. The number of fused-ring (bicyclic) bond motifs is 3. The van der Waals surface area contributed by atoms with E-state index in [1.165, 1.54) is 36.0 Å². The predicted molar refractivity (Wildman–Crippen MR) is 131 cm³/mol. The number of aromatic nitrogens is 5. The van der Waals surface area contributed by atoms with E-state index in [9.17, 15) is 4.79 Å². The third-order valence-electron chi connectivity index (χ3n) is 6.64. The van der Waals surface area contributed by atoms with Gasteiger partial charge in [0, 0.05) is 24.5 Å². The van der Waals surface area contributed by atoms with Crippen LogP contribution in [-0.4, -0.2) is 36.8 Å². The van der Waals surface area contributed by atoms with Gasteiger partial charge in [-0.3, -0.25) is 13.9 Å². The van der Waals surface area contributed by atoms with Crippen LogP contribution < -0.4 is 5.32 Å². The van der Waals surface area contributed by atoms with Crippen LogP contribution >= 0.6 is 0 Å². The number of aryl methyl sites for hydroxylation is 2. The standard InChI is InChI=1S/C27H26N6O/c34-27(28-15-14-25-30-29-24-11-5-6-16-32(24)25)26-22-9-3-4-10-23(22)33(31-26)18-19-12-13-20-7-1-2-8-21(20)17-19/h3-6,9-13,16-17H,1-2,7-8,14-15,18H2,(H,28,34). The maximum absolute atomic E-state index is 13.1. The summed E-state index contributed by atoms with van der Waals surface area (Å²) in [6, 6.07) is 20.5. The third kappa shape index (κ3) is 3.83. The van der Waals surface area contributed by atoms with E-state index < -0.39 is 0 Å². The van der Waals surface area contributed by atoms with Gasteiger partial charge in [-0.25, -0.2) is 0 Å². The Morgan fingerprint density at radius 3 is 2.74 bits per heavy atom. The average Bonchev–Trinajstić information content (AvgIpc) is 3.46. The number of nitrogens with one attached hydrogen (secondary N) is 1. The number of benzene rings is 2. The molecule has 2 aromatic carbocycles. The van der Waals surface area contributed by atoms with E-state index in [1.54, 1.807) is 0 Å². The Morgan fingerprint density at radius 1 is 0.941 bits per heavy atom. The molecule has 1 aliphatic carbocycles. The van der Waals surface area contributed by atoms with Gasteiger partial charge in [-0.05, 0) is 60.6 Å².